The summed E-state index contributed by atoms with van der Waals surface area (Å²) in [5, 5.41) is 0. The summed E-state index contributed by atoms with van der Waals surface area (Å²) in [6.45, 7) is 4.93. The summed E-state index contributed by atoms with van der Waals surface area (Å²) >= 11 is 0. The number of hydrogen-bond donors (Lipinski definition) is 0. The van der Waals surface area contributed by atoms with Crippen LogP contribution in [0, 0.1) is 6.92 Å². The van der Waals surface area contributed by atoms with E-state index in [0.29, 0.717) is 0 Å². The zero-order valence-electron chi connectivity index (χ0n) is 5.71. The van der Waals surface area contributed by atoms with Crippen molar-refractivity contribution in [3.63, 3.8) is 0 Å². The third-order valence-electron chi connectivity index (χ3n) is 0.730. The third kappa shape index (κ3) is 7.84. The molecule has 0 rings (SSSR count). The Morgan fingerprint density at radius 1 is 1.70 bits per heavy atom. The van der Waals surface area contributed by atoms with Gasteiger partial charge in [0.15, 0.2) is 0 Å². The maximum atomic E-state index is 11.7. The first-order chi connectivity index (χ1) is 4.42. The molecule has 0 aromatic carbocycles. The Morgan fingerprint density at radius 2 is 2.20 bits per heavy atom. The summed E-state index contributed by atoms with van der Waals surface area (Å²) in [5.41, 5.74) is 0. The van der Waals surface area contributed by atoms with Crippen LogP contribution in [-0.4, -0.2) is 26.9 Å². The van der Waals surface area contributed by atoms with Crippen LogP contribution in [-0.2, 0) is 15.0 Å². The second-order valence-corrected chi connectivity index (χ2v) is 3.41. The smallest absolute Gasteiger partial charge is 0.304 e. The molecule has 1 radical (unpaired) electrons. The van der Waals surface area contributed by atoms with E-state index in [2.05, 4.69) is 11.7 Å². The molecule has 3 nitrogen and oxygen atoms in total. The van der Waals surface area contributed by atoms with Crippen molar-refractivity contribution in [2.45, 2.75) is 13.0 Å². The molecule has 0 aromatic rings. The highest BCUT2D eigenvalue weighted by Crippen LogP contribution is 1.92. The average Bonchev–Trinajstić information content (AvgIpc) is 1.59. The molecule has 10 heavy (non-hydrogen) atoms. The Bertz CT molecular complexity index is 173. The van der Waals surface area contributed by atoms with Crippen molar-refractivity contribution < 1.29 is 17.0 Å². The minimum Gasteiger partial charge on any atom is -0.377 e. The van der Waals surface area contributed by atoms with Gasteiger partial charge in [-0.25, -0.2) is 0 Å². The second-order valence-electron chi connectivity index (χ2n) is 1.92. The fourth-order valence-corrected chi connectivity index (χ4v) is 0.644. The Hall–Kier alpha value is -0.160. The molecule has 0 saturated heterocycles. The van der Waals surface area contributed by atoms with Gasteiger partial charge in [-0.2, -0.15) is 8.42 Å². The van der Waals surface area contributed by atoms with Crippen LogP contribution >= 0.6 is 0 Å². The standard InChI is InChI=1S/C5H10FO3S/c1-5(2)9-3-4-10(6,7)8/h5H,1,3-4H2,2H3. The first-order valence-electron chi connectivity index (χ1n) is 2.79. The molecule has 0 spiro atoms. The summed E-state index contributed by atoms with van der Waals surface area (Å²) < 4.78 is 36.1. The van der Waals surface area contributed by atoms with Crippen LogP contribution in [0.4, 0.5) is 3.89 Å². The highest BCUT2D eigenvalue weighted by atomic mass is 32.3. The number of rotatable bonds is 4. The fourth-order valence-electron chi connectivity index (χ4n) is 0.349. The summed E-state index contributed by atoms with van der Waals surface area (Å²) in [5.74, 6) is -0.590. The molecule has 0 heterocycles. The van der Waals surface area contributed by atoms with Crippen molar-refractivity contribution in [2.75, 3.05) is 12.4 Å². The van der Waals surface area contributed by atoms with Gasteiger partial charge in [0.25, 0.3) is 0 Å². The van der Waals surface area contributed by atoms with E-state index in [-0.39, 0.29) is 12.7 Å². The van der Waals surface area contributed by atoms with Gasteiger partial charge in [-0.15, -0.1) is 3.89 Å². The van der Waals surface area contributed by atoms with E-state index in [4.69, 9.17) is 0 Å². The van der Waals surface area contributed by atoms with E-state index in [1.807, 2.05) is 0 Å². The number of hydrogen-bond acceptors (Lipinski definition) is 3. The molecule has 0 fully saturated rings. The minimum absolute atomic E-state index is 0.135. The maximum Gasteiger partial charge on any atom is 0.304 e. The van der Waals surface area contributed by atoms with Crippen molar-refractivity contribution >= 4 is 10.2 Å². The molecule has 61 valence electrons. The lowest BCUT2D eigenvalue weighted by atomic mass is 10.5. The van der Waals surface area contributed by atoms with Crippen LogP contribution in [0.3, 0.4) is 0 Å². The summed E-state index contributed by atoms with van der Waals surface area (Å²) in [4.78, 5) is 0. The predicted octanol–water partition coefficient (Wildman–Crippen LogP) is 0.525. The zero-order chi connectivity index (χ0) is 8.20. The monoisotopic (exact) mass is 169 g/mol. The van der Waals surface area contributed by atoms with Crippen molar-refractivity contribution in [3.8, 4) is 0 Å². The topological polar surface area (TPSA) is 43.4 Å². The Morgan fingerprint density at radius 3 is 2.50 bits per heavy atom. The molecule has 1 unspecified atom stereocenters. The quantitative estimate of drug-likeness (QED) is 0.576. The third-order valence-corrected chi connectivity index (χ3v) is 1.38. The van der Waals surface area contributed by atoms with Crippen molar-refractivity contribution in [1.82, 2.24) is 0 Å². The minimum atomic E-state index is -4.37. The van der Waals surface area contributed by atoms with Gasteiger partial charge in [0, 0.05) is 0 Å². The molecule has 0 aliphatic carbocycles. The van der Waals surface area contributed by atoms with Crippen LogP contribution < -0.4 is 0 Å². The molecule has 0 aromatic heterocycles. The van der Waals surface area contributed by atoms with E-state index < -0.39 is 16.0 Å². The molecule has 0 N–H and O–H groups in total. The van der Waals surface area contributed by atoms with Gasteiger partial charge in [0.2, 0.25) is 0 Å². The molecule has 0 amide bonds. The highest BCUT2D eigenvalue weighted by molar-refractivity contribution is 7.86. The molecule has 0 saturated carbocycles. The van der Waals surface area contributed by atoms with Crippen molar-refractivity contribution in [1.29, 1.82) is 0 Å². The molecule has 0 aliphatic heterocycles. The Labute approximate surface area is 60.4 Å². The first-order valence-corrected chi connectivity index (χ1v) is 4.34. The fraction of sp³-hybridized carbons (Fsp3) is 0.800. The summed E-state index contributed by atoms with van der Waals surface area (Å²) in [7, 11) is -4.37. The first kappa shape index (κ1) is 9.84. The molecular weight excluding hydrogens is 159 g/mol. The lowest BCUT2D eigenvalue weighted by Crippen LogP contribution is -2.11. The maximum absolute atomic E-state index is 11.7. The Balaban J connectivity index is 3.39. The number of ether oxygens (including phenoxy) is 1. The summed E-state index contributed by atoms with van der Waals surface area (Å²) in [6, 6.07) is 0. The SMILES string of the molecule is [CH2]C(C)OCCS(=O)(=O)F. The van der Waals surface area contributed by atoms with Gasteiger partial charge < -0.3 is 4.74 Å². The predicted molar refractivity (Wildman–Crippen MR) is 35.7 cm³/mol. The normalized spacial score (nSPS) is 12.4. The van der Waals surface area contributed by atoms with E-state index in [0.717, 1.165) is 0 Å². The largest absolute Gasteiger partial charge is 0.377 e. The molecule has 5 heteroatoms. The van der Waals surface area contributed by atoms with Crippen LogP contribution in [0.2, 0.25) is 0 Å². The molecule has 0 bridgehead atoms. The molecule has 0 aliphatic rings. The van der Waals surface area contributed by atoms with Gasteiger partial charge in [0.1, 0.15) is 5.75 Å². The van der Waals surface area contributed by atoms with E-state index >= 15 is 0 Å². The Kier molecular flexibility index (Phi) is 3.81. The van der Waals surface area contributed by atoms with Crippen LogP contribution in [0.15, 0.2) is 0 Å². The van der Waals surface area contributed by atoms with Crippen LogP contribution in [0.1, 0.15) is 6.92 Å². The molecular formula is C5H10FO3S. The van der Waals surface area contributed by atoms with Gasteiger partial charge in [-0.1, -0.05) is 0 Å². The lowest BCUT2D eigenvalue weighted by Gasteiger charge is -2.03. The zero-order valence-corrected chi connectivity index (χ0v) is 6.53. The van der Waals surface area contributed by atoms with Crippen LogP contribution in [0.25, 0.3) is 0 Å². The van der Waals surface area contributed by atoms with Crippen molar-refractivity contribution in [3.05, 3.63) is 6.92 Å². The van der Waals surface area contributed by atoms with Gasteiger partial charge in [-0.05, 0) is 13.8 Å². The van der Waals surface area contributed by atoms with Gasteiger partial charge >= 0.3 is 10.2 Å². The second kappa shape index (κ2) is 3.88. The molecule has 1 atom stereocenters. The van der Waals surface area contributed by atoms with Crippen LogP contribution in [0.5, 0.6) is 0 Å². The summed E-state index contributed by atoms with van der Waals surface area (Å²) in [6.07, 6.45) is -0.304. The van der Waals surface area contributed by atoms with E-state index in [1.54, 1.807) is 6.92 Å². The van der Waals surface area contributed by atoms with E-state index in [9.17, 15) is 12.3 Å². The van der Waals surface area contributed by atoms with Gasteiger partial charge in [-0.3, -0.25) is 0 Å². The number of halogens is 1. The highest BCUT2D eigenvalue weighted by Gasteiger charge is 2.06. The van der Waals surface area contributed by atoms with E-state index in [1.165, 1.54) is 0 Å². The lowest BCUT2D eigenvalue weighted by molar-refractivity contribution is 0.108. The van der Waals surface area contributed by atoms with Crippen molar-refractivity contribution in [2.24, 2.45) is 0 Å². The van der Waals surface area contributed by atoms with Gasteiger partial charge in [0.05, 0.1) is 12.7 Å². The average molecular weight is 169 g/mol.